The summed E-state index contributed by atoms with van der Waals surface area (Å²) >= 11 is 0. The zero-order valence-electron chi connectivity index (χ0n) is 16.7. The number of likely N-dealkylation sites (tertiary alicyclic amines) is 1. The Morgan fingerprint density at radius 1 is 1.21 bits per heavy atom. The number of amides is 2. The summed E-state index contributed by atoms with van der Waals surface area (Å²) < 4.78 is 7.41. The lowest BCUT2D eigenvalue weighted by Crippen LogP contribution is -2.38. The highest BCUT2D eigenvalue weighted by atomic mass is 16.5. The van der Waals surface area contributed by atoms with Crippen LogP contribution in [-0.2, 0) is 6.54 Å². The second-order valence-electron chi connectivity index (χ2n) is 7.22. The van der Waals surface area contributed by atoms with Crippen LogP contribution in [0.1, 0.15) is 23.7 Å². The first kappa shape index (κ1) is 19.0. The lowest BCUT2D eigenvalue weighted by molar-refractivity contribution is 0.206. The molecule has 0 spiro atoms. The number of rotatable bonds is 5. The van der Waals surface area contributed by atoms with Gasteiger partial charge in [0.15, 0.2) is 0 Å². The fourth-order valence-electron chi connectivity index (χ4n) is 3.79. The van der Waals surface area contributed by atoms with E-state index < -0.39 is 0 Å². The number of nitrogens with zero attached hydrogens (tertiary/aromatic N) is 4. The summed E-state index contributed by atoms with van der Waals surface area (Å²) in [7, 11) is 1.64. The highest BCUT2D eigenvalue weighted by Gasteiger charge is 2.29. The van der Waals surface area contributed by atoms with E-state index >= 15 is 0 Å². The van der Waals surface area contributed by atoms with Crippen molar-refractivity contribution in [1.82, 2.24) is 24.8 Å². The Bertz CT molecular complexity index is 969. The maximum Gasteiger partial charge on any atom is 0.317 e. The van der Waals surface area contributed by atoms with Crippen molar-refractivity contribution in [3.8, 4) is 17.1 Å². The minimum Gasteiger partial charge on any atom is -0.497 e. The fraction of sp³-hybridized carbons (Fsp3) is 0.318. The highest BCUT2D eigenvalue weighted by Crippen LogP contribution is 2.29. The molecule has 1 saturated heterocycles. The molecule has 7 nitrogen and oxygen atoms in total. The number of imidazole rings is 1. The van der Waals surface area contributed by atoms with Crippen molar-refractivity contribution in [1.29, 1.82) is 0 Å². The standard InChI is InChI=1S/C22H25N5O2/c1-16-13-24-21(18-7-10-23-11-8-18)27(16)19-9-12-26(15-19)22(28)25-14-17-3-5-20(29-2)6-4-17/h3-8,10-11,13,19H,9,12,14-15H2,1-2H3,(H,25,28). The van der Waals surface area contributed by atoms with Crippen LogP contribution in [0.25, 0.3) is 11.4 Å². The minimum absolute atomic E-state index is 0.0356. The molecule has 0 bridgehead atoms. The number of methoxy groups -OCH3 is 1. The molecule has 0 radical (unpaired) electrons. The van der Waals surface area contributed by atoms with Gasteiger partial charge < -0.3 is 19.5 Å². The van der Waals surface area contributed by atoms with Crippen LogP contribution in [0.2, 0.25) is 0 Å². The van der Waals surface area contributed by atoms with E-state index in [1.165, 1.54) is 0 Å². The third-order valence-electron chi connectivity index (χ3n) is 5.34. The van der Waals surface area contributed by atoms with E-state index in [0.29, 0.717) is 13.1 Å². The Labute approximate surface area is 170 Å². The number of urea groups is 1. The van der Waals surface area contributed by atoms with E-state index in [9.17, 15) is 4.79 Å². The first-order valence-electron chi connectivity index (χ1n) is 9.75. The molecule has 4 rings (SSSR count). The zero-order valence-corrected chi connectivity index (χ0v) is 16.7. The number of aryl methyl sites for hydroxylation is 1. The van der Waals surface area contributed by atoms with Crippen LogP contribution in [0.3, 0.4) is 0 Å². The van der Waals surface area contributed by atoms with Gasteiger partial charge in [-0.25, -0.2) is 9.78 Å². The van der Waals surface area contributed by atoms with Gasteiger partial charge in [0.25, 0.3) is 0 Å². The smallest absolute Gasteiger partial charge is 0.317 e. The van der Waals surface area contributed by atoms with Crippen molar-refractivity contribution in [2.45, 2.75) is 25.9 Å². The van der Waals surface area contributed by atoms with Crippen molar-refractivity contribution in [2.24, 2.45) is 0 Å². The van der Waals surface area contributed by atoms with Gasteiger partial charge in [-0.1, -0.05) is 12.1 Å². The number of benzene rings is 1. The molecule has 1 aromatic carbocycles. The molecule has 7 heteroatoms. The minimum atomic E-state index is -0.0356. The summed E-state index contributed by atoms with van der Waals surface area (Å²) in [4.78, 5) is 23.2. The quantitative estimate of drug-likeness (QED) is 0.723. The number of nitrogens with one attached hydrogen (secondary N) is 1. The van der Waals surface area contributed by atoms with E-state index in [2.05, 4.69) is 26.8 Å². The summed E-state index contributed by atoms with van der Waals surface area (Å²) in [5.41, 5.74) is 3.18. The number of hydrogen-bond acceptors (Lipinski definition) is 4. The van der Waals surface area contributed by atoms with Crippen LogP contribution < -0.4 is 10.1 Å². The van der Waals surface area contributed by atoms with Crippen LogP contribution in [0.15, 0.2) is 55.0 Å². The number of hydrogen-bond donors (Lipinski definition) is 1. The molecule has 29 heavy (non-hydrogen) atoms. The second-order valence-corrected chi connectivity index (χ2v) is 7.22. The number of pyridine rings is 1. The van der Waals surface area contributed by atoms with Crippen molar-refractivity contribution in [3.63, 3.8) is 0 Å². The lowest BCUT2D eigenvalue weighted by atomic mass is 10.2. The molecular weight excluding hydrogens is 366 g/mol. The first-order valence-corrected chi connectivity index (χ1v) is 9.75. The fourth-order valence-corrected chi connectivity index (χ4v) is 3.79. The molecular formula is C22H25N5O2. The molecule has 0 aliphatic carbocycles. The molecule has 1 aliphatic rings. The van der Waals surface area contributed by atoms with Crippen LogP contribution in [0.4, 0.5) is 4.79 Å². The third kappa shape index (κ3) is 4.08. The number of aromatic nitrogens is 3. The second kappa shape index (κ2) is 8.34. The van der Waals surface area contributed by atoms with E-state index in [1.54, 1.807) is 19.5 Å². The molecule has 3 aromatic rings. The van der Waals surface area contributed by atoms with Crippen molar-refractivity contribution in [3.05, 3.63) is 66.2 Å². The van der Waals surface area contributed by atoms with E-state index in [-0.39, 0.29) is 12.1 Å². The molecule has 150 valence electrons. The van der Waals surface area contributed by atoms with Crippen LogP contribution in [0, 0.1) is 6.92 Å². The topological polar surface area (TPSA) is 72.3 Å². The summed E-state index contributed by atoms with van der Waals surface area (Å²) in [6.07, 6.45) is 6.35. The largest absolute Gasteiger partial charge is 0.497 e. The van der Waals surface area contributed by atoms with Crippen LogP contribution >= 0.6 is 0 Å². The molecule has 2 aromatic heterocycles. The molecule has 1 unspecified atom stereocenters. The van der Waals surface area contributed by atoms with Gasteiger partial charge >= 0.3 is 6.03 Å². The zero-order chi connectivity index (χ0) is 20.2. The average molecular weight is 391 g/mol. The van der Waals surface area contributed by atoms with Crippen molar-refractivity contribution in [2.75, 3.05) is 20.2 Å². The maximum absolute atomic E-state index is 12.7. The van der Waals surface area contributed by atoms with Gasteiger partial charge in [-0.3, -0.25) is 4.98 Å². The van der Waals surface area contributed by atoms with E-state index in [1.807, 2.05) is 47.5 Å². The third-order valence-corrected chi connectivity index (χ3v) is 5.34. The van der Waals surface area contributed by atoms with Crippen molar-refractivity contribution >= 4 is 6.03 Å². The number of ether oxygens (including phenoxy) is 1. The first-order chi connectivity index (χ1) is 14.2. The lowest BCUT2D eigenvalue weighted by Gasteiger charge is -2.20. The molecule has 1 aliphatic heterocycles. The van der Waals surface area contributed by atoms with E-state index in [0.717, 1.165) is 41.4 Å². The van der Waals surface area contributed by atoms with E-state index in [4.69, 9.17) is 4.74 Å². The Kier molecular flexibility index (Phi) is 5.46. The summed E-state index contributed by atoms with van der Waals surface area (Å²) in [6, 6.07) is 11.8. The van der Waals surface area contributed by atoms with Gasteiger partial charge in [-0.15, -0.1) is 0 Å². The summed E-state index contributed by atoms with van der Waals surface area (Å²) in [6.45, 7) is 3.96. The normalized spacial score (nSPS) is 16.1. The molecule has 1 fully saturated rings. The van der Waals surface area contributed by atoms with Gasteiger partial charge in [0, 0.05) is 49.5 Å². The monoisotopic (exact) mass is 391 g/mol. The van der Waals surface area contributed by atoms with Crippen LogP contribution in [-0.4, -0.2) is 45.7 Å². The molecule has 1 atom stereocenters. The predicted molar refractivity (Wildman–Crippen MR) is 111 cm³/mol. The molecule has 2 amide bonds. The number of carbonyl (C=O) groups is 1. The number of carbonyl (C=O) groups excluding carboxylic acids is 1. The maximum atomic E-state index is 12.7. The average Bonchev–Trinajstić information content (AvgIpc) is 3.39. The van der Waals surface area contributed by atoms with Gasteiger partial charge in [-0.2, -0.15) is 0 Å². The predicted octanol–water partition coefficient (Wildman–Crippen LogP) is 3.42. The van der Waals surface area contributed by atoms with Gasteiger partial charge in [0.1, 0.15) is 11.6 Å². The van der Waals surface area contributed by atoms with Gasteiger partial charge in [0.2, 0.25) is 0 Å². The summed E-state index contributed by atoms with van der Waals surface area (Å²) in [5.74, 6) is 1.73. The Morgan fingerprint density at radius 2 is 1.97 bits per heavy atom. The Morgan fingerprint density at radius 3 is 2.69 bits per heavy atom. The Hall–Kier alpha value is -3.35. The van der Waals surface area contributed by atoms with Gasteiger partial charge in [0.05, 0.1) is 13.2 Å². The van der Waals surface area contributed by atoms with Gasteiger partial charge in [-0.05, 0) is 43.2 Å². The van der Waals surface area contributed by atoms with Crippen LogP contribution in [0.5, 0.6) is 5.75 Å². The Balaban J connectivity index is 1.40. The summed E-state index contributed by atoms with van der Waals surface area (Å²) in [5, 5.41) is 3.02. The molecule has 3 heterocycles. The van der Waals surface area contributed by atoms with Crippen molar-refractivity contribution < 1.29 is 9.53 Å². The molecule has 1 N–H and O–H groups in total. The highest BCUT2D eigenvalue weighted by molar-refractivity contribution is 5.74. The SMILES string of the molecule is COc1ccc(CNC(=O)N2CCC(n3c(C)cnc3-c3ccncc3)C2)cc1. The molecule has 0 saturated carbocycles.